The first-order valence-corrected chi connectivity index (χ1v) is 10.1. The highest BCUT2D eigenvalue weighted by Crippen LogP contribution is 2.25. The maximum Gasteiger partial charge on any atom is 0.261 e. The number of hydrogen-bond acceptors (Lipinski definition) is 3. The Labute approximate surface area is 152 Å². The van der Waals surface area contributed by atoms with E-state index in [4.69, 9.17) is 0 Å². The monoisotopic (exact) mass is 376 g/mol. The van der Waals surface area contributed by atoms with Crippen LogP contribution < -0.4 is 4.72 Å². The molecule has 0 radical (unpaired) electrons. The van der Waals surface area contributed by atoms with Crippen molar-refractivity contribution >= 4 is 21.6 Å². The molecule has 5 nitrogen and oxygen atoms in total. The number of likely N-dealkylation sites (tertiary alicyclic amines) is 1. The van der Waals surface area contributed by atoms with Crippen molar-refractivity contribution in [3.63, 3.8) is 0 Å². The smallest absolute Gasteiger partial charge is 0.261 e. The average Bonchev–Trinajstić information content (AvgIpc) is 2.62. The molecule has 7 heteroatoms. The summed E-state index contributed by atoms with van der Waals surface area (Å²) in [5.41, 5.74) is 0.534. The van der Waals surface area contributed by atoms with Gasteiger partial charge in [0.15, 0.2) is 0 Å². The minimum Gasteiger partial charge on any atom is -0.336 e. The maximum absolute atomic E-state index is 13.0. The van der Waals surface area contributed by atoms with E-state index in [0.717, 1.165) is 31.4 Å². The molecular weight excluding hydrogens is 355 g/mol. The van der Waals surface area contributed by atoms with Crippen LogP contribution in [0, 0.1) is 5.82 Å². The Hall–Kier alpha value is -2.41. The van der Waals surface area contributed by atoms with Crippen molar-refractivity contribution in [1.82, 2.24) is 4.90 Å². The number of benzene rings is 2. The number of amides is 1. The zero-order chi connectivity index (χ0) is 18.7. The van der Waals surface area contributed by atoms with E-state index in [2.05, 4.69) is 4.72 Å². The summed E-state index contributed by atoms with van der Waals surface area (Å²) in [5, 5.41) is 0. The first-order chi connectivity index (χ1) is 12.4. The predicted octanol–water partition coefficient (Wildman–Crippen LogP) is 3.64. The normalized spacial score (nSPS) is 17.8. The van der Waals surface area contributed by atoms with Crippen LogP contribution in [-0.2, 0) is 10.0 Å². The lowest BCUT2D eigenvalue weighted by Crippen LogP contribution is -2.42. The second-order valence-corrected chi connectivity index (χ2v) is 8.13. The fourth-order valence-electron chi connectivity index (χ4n) is 3.13. The van der Waals surface area contributed by atoms with E-state index >= 15 is 0 Å². The van der Waals surface area contributed by atoms with Crippen molar-refractivity contribution in [1.29, 1.82) is 0 Å². The Balaban J connectivity index is 1.89. The number of carbonyl (C=O) groups is 1. The average molecular weight is 376 g/mol. The Bertz CT molecular complexity index is 897. The molecule has 0 aliphatic carbocycles. The van der Waals surface area contributed by atoms with E-state index in [9.17, 15) is 17.6 Å². The van der Waals surface area contributed by atoms with E-state index in [1.54, 1.807) is 29.2 Å². The van der Waals surface area contributed by atoms with Gasteiger partial charge in [0.2, 0.25) is 0 Å². The summed E-state index contributed by atoms with van der Waals surface area (Å²) in [7, 11) is -3.92. The molecule has 0 saturated carbocycles. The van der Waals surface area contributed by atoms with E-state index in [1.807, 2.05) is 6.92 Å². The molecule has 1 atom stereocenters. The summed E-state index contributed by atoms with van der Waals surface area (Å²) in [6.45, 7) is 2.67. The standard InChI is InChI=1S/C19H21FN2O3S/c1-14-6-4-5-13-22(14)19(23)17-7-2-3-8-18(17)21-26(24,25)16-11-9-15(20)10-12-16/h2-3,7-12,14,21H,4-6,13H2,1H3/t14-/m0/s1. The van der Waals surface area contributed by atoms with Gasteiger partial charge in [0.25, 0.3) is 15.9 Å². The van der Waals surface area contributed by atoms with Crippen molar-refractivity contribution in [3.8, 4) is 0 Å². The lowest BCUT2D eigenvalue weighted by molar-refractivity contribution is 0.0636. The van der Waals surface area contributed by atoms with Crippen LogP contribution in [0.1, 0.15) is 36.5 Å². The number of sulfonamides is 1. The Morgan fingerprint density at radius 2 is 1.81 bits per heavy atom. The summed E-state index contributed by atoms with van der Waals surface area (Å²) >= 11 is 0. The summed E-state index contributed by atoms with van der Waals surface area (Å²) in [5.74, 6) is -0.701. The van der Waals surface area contributed by atoms with Crippen LogP contribution in [0.5, 0.6) is 0 Å². The lowest BCUT2D eigenvalue weighted by Gasteiger charge is -2.34. The highest BCUT2D eigenvalue weighted by Gasteiger charge is 2.27. The van der Waals surface area contributed by atoms with Gasteiger partial charge in [-0.3, -0.25) is 9.52 Å². The zero-order valence-electron chi connectivity index (χ0n) is 14.5. The molecule has 1 saturated heterocycles. The summed E-state index contributed by atoms with van der Waals surface area (Å²) in [6, 6.07) is 11.2. The number of carbonyl (C=O) groups excluding carboxylic acids is 1. The molecule has 1 aliphatic rings. The summed E-state index contributed by atoms with van der Waals surface area (Å²) in [6.07, 6.45) is 2.97. The third-order valence-electron chi connectivity index (χ3n) is 4.59. The second kappa shape index (κ2) is 7.45. The Morgan fingerprint density at radius 1 is 1.12 bits per heavy atom. The molecule has 1 aliphatic heterocycles. The van der Waals surface area contributed by atoms with Gasteiger partial charge < -0.3 is 4.90 Å². The molecule has 1 amide bonds. The van der Waals surface area contributed by atoms with Gasteiger partial charge in [0, 0.05) is 12.6 Å². The summed E-state index contributed by atoms with van der Waals surface area (Å²) in [4.78, 5) is 14.7. The van der Waals surface area contributed by atoms with E-state index in [0.29, 0.717) is 12.1 Å². The predicted molar refractivity (Wildman–Crippen MR) is 98.0 cm³/mol. The second-order valence-electron chi connectivity index (χ2n) is 6.45. The SMILES string of the molecule is C[C@H]1CCCCN1C(=O)c1ccccc1NS(=O)(=O)c1ccc(F)cc1. The van der Waals surface area contributed by atoms with Crippen molar-refractivity contribution in [3.05, 3.63) is 59.9 Å². The molecule has 2 aromatic rings. The molecule has 1 N–H and O–H groups in total. The van der Waals surface area contributed by atoms with Crippen LogP contribution in [0.15, 0.2) is 53.4 Å². The number of anilines is 1. The van der Waals surface area contributed by atoms with Crippen LogP contribution in [-0.4, -0.2) is 31.8 Å². The zero-order valence-corrected chi connectivity index (χ0v) is 15.3. The fourth-order valence-corrected chi connectivity index (χ4v) is 4.21. The van der Waals surface area contributed by atoms with Gasteiger partial charge in [-0.25, -0.2) is 12.8 Å². The Morgan fingerprint density at radius 3 is 2.50 bits per heavy atom. The molecule has 2 aromatic carbocycles. The number of para-hydroxylation sites is 1. The first-order valence-electron chi connectivity index (χ1n) is 8.57. The third-order valence-corrected chi connectivity index (χ3v) is 5.97. The molecule has 1 heterocycles. The van der Waals surface area contributed by atoms with Crippen molar-refractivity contribution < 1.29 is 17.6 Å². The van der Waals surface area contributed by atoms with Gasteiger partial charge in [-0.05, 0) is 62.6 Å². The van der Waals surface area contributed by atoms with Crippen LogP contribution in [0.4, 0.5) is 10.1 Å². The van der Waals surface area contributed by atoms with E-state index in [1.165, 1.54) is 12.1 Å². The molecule has 1 fully saturated rings. The molecule has 138 valence electrons. The topological polar surface area (TPSA) is 66.5 Å². The molecule has 0 unspecified atom stereocenters. The van der Waals surface area contributed by atoms with Crippen molar-refractivity contribution in [2.24, 2.45) is 0 Å². The largest absolute Gasteiger partial charge is 0.336 e. The quantitative estimate of drug-likeness (QED) is 0.886. The third kappa shape index (κ3) is 3.88. The molecule has 0 bridgehead atoms. The molecule has 3 rings (SSSR count). The number of nitrogens with zero attached hydrogens (tertiary/aromatic N) is 1. The van der Waals surface area contributed by atoms with Gasteiger partial charge in [-0.1, -0.05) is 12.1 Å². The van der Waals surface area contributed by atoms with Gasteiger partial charge in [0.05, 0.1) is 16.1 Å². The maximum atomic E-state index is 13.0. The molecule has 0 spiro atoms. The number of nitrogens with one attached hydrogen (secondary N) is 1. The number of halogens is 1. The molecule has 0 aromatic heterocycles. The minimum absolute atomic E-state index is 0.0625. The lowest BCUT2D eigenvalue weighted by atomic mass is 10.0. The van der Waals surface area contributed by atoms with E-state index < -0.39 is 15.8 Å². The fraction of sp³-hybridized carbons (Fsp3) is 0.316. The minimum atomic E-state index is -3.92. The number of rotatable bonds is 4. The van der Waals surface area contributed by atoms with Crippen LogP contribution >= 0.6 is 0 Å². The number of hydrogen-bond donors (Lipinski definition) is 1. The molecular formula is C19H21FN2O3S. The van der Waals surface area contributed by atoms with Gasteiger partial charge in [0.1, 0.15) is 5.82 Å². The van der Waals surface area contributed by atoms with Gasteiger partial charge in [-0.2, -0.15) is 0 Å². The van der Waals surface area contributed by atoms with Crippen molar-refractivity contribution in [2.75, 3.05) is 11.3 Å². The van der Waals surface area contributed by atoms with Crippen molar-refractivity contribution in [2.45, 2.75) is 37.1 Å². The first kappa shape index (κ1) is 18.4. The van der Waals surface area contributed by atoms with Crippen LogP contribution in [0.25, 0.3) is 0 Å². The Kier molecular flexibility index (Phi) is 5.27. The highest BCUT2D eigenvalue weighted by molar-refractivity contribution is 7.92. The summed E-state index contributed by atoms with van der Waals surface area (Å²) < 4.78 is 40.6. The van der Waals surface area contributed by atoms with E-state index in [-0.39, 0.29) is 22.5 Å². The van der Waals surface area contributed by atoms with Gasteiger partial charge in [-0.15, -0.1) is 0 Å². The van der Waals surface area contributed by atoms with Crippen LogP contribution in [0.3, 0.4) is 0 Å². The molecule has 26 heavy (non-hydrogen) atoms. The van der Waals surface area contributed by atoms with Gasteiger partial charge >= 0.3 is 0 Å². The van der Waals surface area contributed by atoms with Crippen LogP contribution in [0.2, 0.25) is 0 Å². The number of piperidine rings is 1. The highest BCUT2D eigenvalue weighted by atomic mass is 32.2.